The van der Waals surface area contributed by atoms with Gasteiger partial charge in [0.25, 0.3) is 5.91 Å². The van der Waals surface area contributed by atoms with Gasteiger partial charge in [0.1, 0.15) is 11.6 Å². The minimum atomic E-state index is -4.49. The van der Waals surface area contributed by atoms with Crippen LogP contribution in [0.25, 0.3) is 0 Å². The number of hydrogen-bond acceptors (Lipinski definition) is 4. The predicted molar refractivity (Wildman–Crippen MR) is 107 cm³/mol. The van der Waals surface area contributed by atoms with Crippen LogP contribution in [0.4, 0.5) is 19.0 Å². The molecule has 0 saturated carbocycles. The van der Waals surface area contributed by atoms with E-state index in [0.717, 1.165) is 16.6 Å². The summed E-state index contributed by atoms with van der Waals surface area (Å²) < 4.78 is 44.4. The van der Waals surface area contributed by atoms with Crippen molar-refractivity contribution in [3.05, 3.63) is 52.6 Å². The molecule has 1 N–H and O–H groups in total. The second-order valence-electron chi connectivity index (χ2n) is 6.84. The number of alkyl halides is 3. The molecule has 1 aliphatic heterocycles. The lowest BCUT2D eigenvalue weighted by Crippen LogP contribution is -2.45. The van der Waals surface area contributed by atoms with Crippen molar-refractivity contribution in [2.75, 3.05) is 25.0 Å². The summed E-state index contributed by atoms with van der Waals surface area (Å²) >= 11 is 3.27. The molecular formula is C20H19BrF3N3O3. The molecule has 2 heterocycles. The number of nitrogens with one attached hydrogen (secondary N) is 1. The number of carbonyl (C=O) groups is 2. The first-order valence-corrected chi connectivity index (χ1v) is 10.0. The van der Waals surface area contributed by atoms with E-state index in [1.54, 1.807) is 18.3 Å². The van der Waals surface area contributed by atoms with Crippen LogP contribution in [0.2, 0.25) is 0 Å². The normalized spacial score (nSPS) is 16.8. The maximum Gasteiger partial charge on any atom is 0.416 e. The van der Waals surface area contributed by atoms with E-state index in [1.165, 1.54) is 17.0 Å². The van der Waals surface area contributed by atoms with E-state index in [0.29, 0.717) is 25.2 Å². The third kappa shape index (κ3) is 5.94. The highest BCUT2D eigenvalue weighted by Crippen LogP contribution is 2.31. The quantitative estimate of drug-likeness (QED) is 0.691. The summed E-state index contributed by atoms with van der Waals surface area (Å²) in [4.78, 5) is 30.5. The molecule has 2 amide bonds. The lowest BCUT2D eigenvalue weighted by Gasteiger charge is -2.32. The van der Waals surface area contributed by atoms with Gasteiger partial charge in [0.2, 0.25) is 5.91 Å². The van der Waals surface area contributed by atoms with Crippen molar-refractivity contribution in [2.45, 2.75) is 19.0 Å². The predicted octanol–water partition coefficient (Wildman–Crippen LogP) is 4.12. The lowest BCUT2D eigenvalue weighted by atomic mass is 9.97. The molecule has 0 radical (unpaired) electrons. The van der Waals surface area contributed by atoms with Crippen LogP contribution in [0, 0.1) is 5.92 Å². The van der Waals surface area contributed by atoms with E-state index in [4.69, 9.17) is 4.74 Å². The molecule has 6 nitrogen and oxygen atoms in total. The number of ether oxygens (including phenoxy) is 1. The van der Waals surface area contributed by atoms with Gasteiger partial charge in [-0.2, -0.15) is 13.2 Å². The summed E-state index contributed by atoms with van der Waals surface area (Å²) in [7, 11) is 0. The molecule has 0 bridgehead atoms. The molecule has 1 saturated heterocycles. The number of amides is 2. The van der Waals surface area contributed by atoms with E-state index < -0.39 is 24.3 Å². The molecule has 1 aliphatic rings. The largest absolute Gasteiger partial charge is 0.484 e. The van der Waals surface area contributed by atoms with Crippen molar-refractivity contribution >= 4 is 33.6 Å². The van der Waals surface area contributed by atoms with Gasteiger partial charge in [0.15, 0.2) is 6.61 Å². The highest BCUT2D eigenvalue weighted by molar-refractivity contribution is 9.10. The van der Waals surface area contributed by atoms with Crippen molar-refractivity contribution in [3.63, 3.8) is 0 Å². The van der Waals surface area contributed by atoms with E-state index in [9.17, 15) is 22.8 Å². The van der Waals surface area contributed by atoms with Gasteiger partial charge < -0.3 is 15.0 Å². The molecule has 2 aromatic rings. The number of nitrogens with zero attached hydrogens (tertiary/aromatic N) is 2. The Morgan fingerprint density at radius 2 is 2.07 bits per heavy atom. The minimum Gasteiger partial charge on any atom is -0.484 e. The smallest absolute Gasteiger partial charge is 0.416 e. The standard InChI is InChI=1S/C20H19BrF3N3O3/c21-15-6-7-17(25-10-15)26-19(29)13-3-2-8-27(11-13)18(28)12-30-16-5-1-4-14(9-16)20(22,23)24/h1,4-7,9-10,13H,2-3,8,11-12H2,(H,25,26,29). The van der Waals surface area contributed by atoms with Crippen LogP contribution >= 0.6 is 15.9 Å². The summed E-state index contributed by atoms with van der Waals surface area (Å²) in [5.74, 6) is -0.639. The Labute approximate surface area is 179 Å². The number of benzene rings is 1. The van der Waals surface area contributed by atoms with Crippen LogP contribution in [0.1, 0.15) is 18.4 Å². The molecule has 160 valence electrons. The van der Waals surface area contributed by atoms with Gasteiger partial charge in [-0.05, 0) is 59.1 Å². The Morgan fingerprint density at radius 3 is 2.77 bits per heavy atom. The van der Waals surface area contributed by atoms with Crippen LogP contribution in [-0.2, 0) is 15.8 Å². The molecular weight excluding hydrogens is 467 g/mol. The molecule has 1 aromatic carbocycles. The van der Waals surface area contributed by atoms with Crippen molar-refractivity contribution in [1.29, 1.82) is 0 Å². The molecule has 1 fully saturated rings. The highest BCUT2D eigenvalue weighted by atomic mass is 79.9. The average molecular weight is 486 g/mol. The number of piperidine rings is 1. The van der Waals surface area contributed by atoms with Gasteiger partial charge in [-0.1, -0.05) is 6.07 Å². The number of halogens is 4. The Balaban J connectivity index is 1.54. The number of anilines is 1. The lowest BCUT2D eigenvalue weighted by molar-refractivity contribution is -0.137. The summed E-state index contributed by atoms with van der Waals surface area (Å²) in [6, 6.07) is 7.79. The second-order valence-corrected chi connectivity index (χ2v) is 7.76. The maximum absolute atomic E-state index is 12.8. The minimum absolute atomic E-state index is 0.0363. The third-order valence-electron chi connectivity index (χ3n) is 4.65. The maximum atomic E-state index is 12.8. The van der Waals surface area contributed by atoms with E-state index in [-0.39, 0.29) is 24.1 Å². The first kappa shape index (κ1) is 22.1. The fourth-order valence-corrected chi connectivity index (χ4v) is 3.33. The van der Waals surface area contributed by atoms with E-state index in [2.05, 4.69) is 26.2 Å². The Kier molecular flexibility index (Phi) is 6.96. The molecule has 10 heteroatoms. The molecule has 0 spiro atoms. The average Bonchev–Trinajstić information content (AvgIpc) is 2.73. The summed E-state index contributed by atoms with van der Waals surface area (Å²) in [5, 5.41) is 2.73. The zero-order valence-electron chi connectivity index (χ0n) is 15.8. The molecule has 0 aliphatic carbocycles. The van der Waals surface area contributed by atoms with Gasteiger partial charge in [-0.15, -0.1) is 0 Å². The van der Waals surface area contributed by atoms with Crippen LogP contribution < -0.4 is 10.1 Å². The van der Waals surface area contributed by atoms with E-state index in [1.807, 2.05) is 0 Å². The van der Waals surface area contributed by atoms with Crippen molar-refractivity contribution in [1.82, 2.24) is 9.88 Å². The van der Waals surface area contributed by atoms with Crippen LogP contribution in [0.5, 0.6) is 5.75 Å². The third-order valence-corrected chi connectivity index (χ3v) is 5.12. The molecule has 1 unspecified atom stereocenters. The Morgan fingerprint density at radius 1 is 1.27 bits per heavy atom. The summed E-state index contributed by atoms with van der Waals surface area (Å²) in [6.07, 6.45) is -1.65. The van der Waals surface area contributed by atoms with Gasteiger partial charge in [-0.3, -0.25) is 9.59 Å². The van der Waals surface area contributed by atoms with Crippen molar-refractivity contribution in [2.24, 2.45) is 5.92 Å². The van der Waals surface area contributed by atoms with Crippen molar-refractivity contribution in [3.8, 4) is 5.75 Å². The fourth-order valence-electron chi connectivity index (χ4n) is 3.09. The summed E-state index contributed by atoms with van der Waals surface area (Å²) in [6.45, 7) is 0.280. The monoisotopic (exact) mass is 485 g/mol. The number of aromatic nitrogens is 1. The second kappa shape index (κ2) is 9.46. The fraction of sp³-hybridized carbons (Fsp3) is 0.350. The van der Waals surface area contributed by atoms with Crippen LogP contribution in [0.15, 0.2) is 47.1 Å². The molecule has 30 heavy (non-hydrogen) atoms. The first-order valence-electron chi connectivity index (χ1n) is 9.22. The molecule has 1 atom stereocenters. The topological polar surface area (TPSA) is 71.5 Å². The zero-order chi connectivity index (χ0) is 21.7. The number of carbonyl (C=O) groups excluding carboxylic acids is 2. The number of rotatable bonds is 5. The number of likely N-dealkylation sites (tertiary alicyclic amines) is 1. The highest BCUT2D eigenvalue weighted by Gasteiger charge is 2.31. The number of hydrogen-bond donors (Lipinski definition) is 1. The van der Waals surface area contributed by atoms with Crippen LogP contribution in [-0.4, -0.2) is 41.4 Å². The van der Waals surface area contributed by atoms with E-state index >= 15 is 0 Å². The number of pyridine rings is 1. The van der Waals surface area contributed by atoms with Crippen molar-refractivity contribution < 1.29 is 27.5 Å². The Hall–Kier alpha value is -2.62. The Bertz CT molecular complexity index is 906. The van der Waals surface area contributed by atoms with Gasteiger partial charge >= 0.3 is 6.18 Å². The summed E-state index contributed by atoms with van der Waals surface area (Å²) in [5.41, 5.74) is -0.844. The van der Waals surface area contributed by atoms with Gasteiger partial charge in [0, 0.05) is 23.8 Å². The van der Waals surface area contributed by atoms with Gasteiger partial charge in [0.05, 0.1) is 11.5 Å². The van der Waals surface area contributed by atoms with Crippen LogP contribution in [0.3, 0.4) is 0 Å². The SMILES string of the molecule is O=C(Nc1ccc(Br)cn1)C1CCCN(C(=O)COc2cccc(C(F)(F)F)c2)C1. The molecule has 1 aromatic heterocycles. The first-order chi connectivity index (χ1) is 14.2. The molecule has 3 rings (SSSR count). The zero-order valence-corrected chi connectivity index (χ0v) is 17.4. The van der Waals surface area contributed by atoms with Gasteiger partial charge in [-0.25, -0.2) is 4.98 Å².